The summed E-state index contributed by atoms with van der Waals surface area (Å²) >= 11 is 0. The molecule has 7 heteroatoms. The third-order valence-corrected chi connectivity index (χ3v) is 6.40. The van der Waals surface area contributed by atoms with Crippen molar-refractivity contribution in [3.05, 3.63) is 29.3 Å². The zero-order valence-corrected chi connectivity index (χ0v) is 17.0. The topological polar surface area (TPSA) is 79.8 Å². The van der Waals surface area contributed by atoms with Crippen LogP contribution in [-0.4, -0.2) is 45.1 Å². The summed E-state index contributed by atoms with van der Waals surface area (Å²) in [6, 6.07) is 5.98. The van der Waals surface area contributed by atoms with Crippen molar-refractivity contribution in [2.45, 2.75) is 45.9 Å². The van der Waals surface area contributed by atoms with Crippen molar-refractivity contribution in [2.24, 2.45) is 4.99 Å². The summed E-state index contributed by atoms with van der Waals surface area (Å²) in [4.78, 5) is 4.52. The number of ether oxygens (including phenoxy) is 1. The van der Waals surface area contributed by atoms with E-state index >= 15 is 0 Å². The van der Waals surface area contributed by atoms with Gasteiger partial charge in [0, 0.05) is 18.7 Å². The number of aliphatic imine (C=N–C) groups is 1. The van der Waals surface area contributed by atoms with E-state index in [0.29, 0.717) is 25.6 Å². The van der Waals surface area contributed by atoms with Gasteiger partial charge in [-0.25, -0.2) is 13.4 Å². The summed E-state index contributed by atoms with van der Waals surface area (Å²) < 4.78 is 29.0. The Labute approximate surface area is 152 Å². The Morgan fingerprint density at radius 3 is 2.48 bits per heavy atom. The van der Waals surface area contributed by atoms with Crippen LogP contribution in [-0.2, 0) is 16.4 Å². The minimum Gasteiger partial charge on any atom is -0.496 e. The predicted molar refractivity (Wildman–Crippen MR) is 104 cm³/mol. The van der Waals surface area contributed by atoms with E-state index < -0.39 is 14.6 Å². The van der Waals surface area contributed by atoms with Crippen LogP contribution in [0.4, 0.5) is 0 Å². The highest BCUT2D eigenvalue weighted by Crippen LogP contribution is 2.20. The molecule has 0 saturated carbocycles. The van der Waals surface area contributed by atoms with Crippen LogP contribution in [0.3, 0.4) is 0 Å². The van der Waals surface area contributed by atoms with E-state index in [4.69, 9.17) is 4.74 Å². The monoisotopic (exact) mass is 369 g/mol. The van der Waals surface area contributed by atoms with Crippen LogP contribution in [0, 0.1) is 6.92 Å². The molecule has 1 aromatic carbocycles. The molecule has 0 heterocycles. The molecule has 0 unspecified atom stereocenters. The normalized spacial score (nSPS) is 12.8. The van der Waals surface area contributed by atoms with Gasteiger partial charge in [0.05, 0.1) is 24.2 Å². The highest BCUT2D eigenvalue weighted by atomic mass is 32.2. The first-order chi connectivity index (χ1) is 11.6. The molecule has 0 aromatic heterocycles. The number of benzene rings is 1. The number of methoxy groups -OCH3 is 1. The van der Waals surface area contributed by atoms with E-state index in [1.165, 1.54) is 0 Å². The average Bonchev–Trinajstić information content (AvgIpc) is 2.52. The molecule has 2 N–H and O–H groups in total. The van der Waals surface area contributed by atoms with Gasteiger partial charge in [0.15, 0.2) is 15.8 Å². The molecule has 0 aliphatic heterocycles. The Morgan fingerprint density at radius 2 is 1.92 bits per heavy atom. The first-order valence-corrected chi connectivity index (χ1v) is 10.1. The second-order valence-electron chi connectivity index (χ2n) is 6.87. The van der Waals surface area contributed by atoms with Crippen LogP contribution in [0.15, 0.2) is 23.2 Å². The average molecular weight is 370 g/mol. The molecule has 0 aliphatic carbocycles. The number of hydrogen-bond donors (Lipinski definition) is 2. The summed E-state index contributed by atoms with van der Waals surface area (Å²) in [7, 11) is -1.51. The molecule has 0 spiro atoms. The third-order valence-electron chi connectivity index (χ3n) is 3.79. The zero-order valence-electron chi connectivity index (χ0n) is 16.1. The number of hydrogen-bond acceptors (Lipinski definition) is 4. The van der Waals surface area contributed by atoms with Crippen molar-refractivity contribution in [3.8, 4) is 5.75 Å². The Morgan fingerprint density at radius 1 is 1.24 bits per heavy atom. The van der Waals surface area contributed by atoms with Gasteiger partial charge in [-0.3, -0.25) is 0 Å². The van der Waals surface area contributed by atoms with Crippen LogP contribution in [0.1, 0.15) is 38.8 Å². The minimum absolute atomic E-state index is 0.0643. The molecule has 25 heavy (non-hydrogen) atoms. The van der Waals surface area contributed by atoms with E-state index in [-0.39, 0.29) is 5.75 Å². The first-order valence-electron chi connectivity index (χ1n) is 8.48. The lowest BCUT2D eigenvalue weighted by atomic mass is 10.1. The summed E-state index contributed by atoms with van der Waals surface area (Å²) in [5.74, 6) is 1.46. The molecular formula is C18H31N3O3S. The molecule has 0 amide bonds. The fraction of sp³-hybridized carbons (Fsp3) is 0.611. The molecule has 0 bridgehead atoms. The van der Waals surface area contributed by atoms with Gasteiger partial charge in [-0.15, -0.1) is 0 Å². The molecule has 0 saturated heterocycles. The molecule has 0 atom stereocenters. The molecule has 6 nitrogen and oxygen atoms in total. The van der Waals surface area contributed by atoms with E-state index in [1.54, 1.807) is 27.9 Å². The SMILES string of the molecule is CCNC(=NCc1ccc(C)cc1OC)NCCS(=O)(=O)C(C)(C)C. The summed E-state index contributed by atoms with van der Waals surface area (Å²) in [6.45, 7) is 10.6. The van der Waals surface area contributed by atoms with E-state index in [2.05, 4.69) is 15.6 Å². The van der Waals surface area contributed by atoms with Crippen LogP contribution in [0.5, 0.6) is 5.75 Å². The highest BCUT2D eigenvalue weighted by molar-refractivity contribution is 7.92. The van der Waals surface area contributed by atoms with Gasteiger partial charge >= 0.3 is 0 Å². The van der Waals surface area contributed by atoms with Crippen molar-refractivity contribution < 1.29 is 13.2 Å². The maximum absolute atomic E-state index is 12.2. The van der Waals surface area contributed by atoms with Gasteiger partial charge in [-0.2, -0.15) is 0 Å². The van der Waals surface area contributed by atoms with Gasteiger partial charge < -0.3 is 15.4 Å². The van der Waals surface area contributed by atoms with Crippen molar-refractivity contribution in [1.82, 2.24) is 10.6 Å². The number of nitrogens with one attached hydrogen (secondary N) is 2. The van der Waals surface area contributed by atoms with Crippen LogP contribution in [0.2, 0.25) is 0 Å². The second-order valence-corrected chi connectivity index (χ2v) is 9.73. The van der Waals surface area contributed by atoms with Crippen LogP contribution >= 0.6 is 0 Å². The summed E-state index contributed by atoms with van der Waals surface area (Å²) in [6.07, 6.45) is 0. The van der Waals surface area contributed by atoms with E-state index in [1.807, 2.05) is 32.0 Å². The van der Waals surface area contributed by atoms with Crippen molar-refractivity contribution in [2.75, 3.05) is 26.0 Å². The van der Waals surface area contributed by atoms with Gasteiger partial charge in [-0.05, 0) is 46.2 Å². The predicted octanol–water partition coefficient (Wildman–Crippen LogP) is 2.27. The van der Waals surface area contributed by atoms with E-state index in [9.17, 15) is 8.42 Å². The number of sulfone groups is 1. The van der Waals surface area contributed by atoms with Crippen molar-refractivity contribution >= 4 is 15.8 Å². The Hall–Kier alpha value is -1.76. The molecule has 0 radical (unpaired) electrons. The van der Waals surface area contributed by atoms with Gasteiger partial charge in [0.2, 0.25) is 0 Å². The summed E-state index contributed by atoms with van der Waals surface area (Å²) in [5, 5.41) is 6.22. The Bertz CT molecular complexity index is 692. The largest absolute Gasteiger partial charge is 0.496 e. The molecule has 1 aromatic rings. The maximum atomic E-state index is 12.2. The van der Waals surface area contributed by atoms with Gasteiger partial charge in [-0.1, -0.05) is 12.1 Å². The molecule has 0 aliphatic rings. The summed E-state index contributed by atoms with van der Waals surface area (Å²) in [5.41, 5.74) is 2.11. The van der Waals surface area contributed by atoms with Crippen molar-refractivity contribution in [1.29, 1.82) is 0 Å². The fourth-order valence-corrected chi connectivity index (χ4v) is 3.08. The third kappa shape index (κ3) is 6.57. The number of rotatable bonds is 7. The van der Waals surface area contributed by atoms with E-state index in [0.717, 1.165) is 16.9 Å². The lowest BCUT2D eigenvalue weighted by molar-refractivity contribution is 0.409. The Kier molecular flexibility index (Phi) is 7.73. The molecule has 0 fully saturated rings. The number of guanidine groups is 1. The number of nitrogens with zero attached hydrogens (tertiary/aromatic N) is 1. The van der Waals surface area contributed by atoms with Gasteiger partial charge in [0.25, 0.3) is 0 Å². The van der Waals surface area contributed by atoms with Crippen molar-refractivity contribution in [3.63, 3.8) is 0 Å². The lowest BCUT2D eigenvalue weighted by Gasteiger charge is -2.19. The van der Waals surface area contributed by atoms with Crippen LogP contribution in [0.25, 0.3) is 0 Å². The maximum Gasteiger partial charge on any atom is 0.191 e. The number of aryl methyl sites for hydroxylation is 1. The van der Waals surface area contributed by atoms with Crippen LogP contribution < -0.4 is 15.4 Å². The lowest BCUT2D eigenvalue weighted by Crippen LogP contribution is -2.41. The smallest absolute Gasteiger partial charge is 0.191 e. The fourth-order valence-electron chi connectivity index (χ4n) is 2.10. The molecule has 142 valence electrons. The van der Waals surface area contributed by atoms with Gasteiger partial charge in [0.1, 0.15) is 5.75 Å². The minimum atomic E-state index is -3.16. The second kappa shape index (κ2) is 9.08. The molecule has 1 rings (SSSR count). The highest BCUT2D eigenvalue weighted by Gasteiger charge is 2.28. The standard InChI is InChI=1S/C18H31N3O3S/c1-7-19-17(20-10-11-25(22,23)18(3,4)5)21-13-15-9-8-14(2)12-16(15)24-6/h8-9,12H,7,10-11,13H2,1-6H3,(H2,19,20,21). The quantitative estimate of drug-likeness (QED) is 0.569. The molecular weight excluding hydrogens is 338 g/mol. The zero-order chi connectivity index (χ0) is 19.1. The Balaban J connectivity index is 2.75. The first kappa shape index (κ1) is 21.3.